The molecular formula is C22H26N2O7S. The maximum Gasteiger partial charge on any atom is 0.337 e. The number of hydrogen-bond acceptors (Lipinski definition) is 7. The van der Waals surface area contributed by atoms with Crippen LogP contribution in [0.15, 0.2) is 53.4 Å². The second-order valence-electron chi connectivity index (χ2n) is 6.65. The van der Waals surface area contributed by atoms with E-state index in [1.165, 1.54) is 35.7 Å². The van der Waals surface area contributed by atoms with Crippen molar-refractivity contribution in [2.24, 2.45) is 0 Å². The molecule has 2 rings (SSSR count). The van der Waals surface area contributed by atoms with Crippen LogP contribution >= 0.6 is 0 Å². The monoisotopic (exact) mass is 462 g/mol. The summed E-state index contributed by atoms with van der Waals surface area (Å²) in [5.41, 5.74) is 1.27. The van der Waals surface area contributed by atoms with Gasteiger partial charge in [0.25, 0.3) is 5.91 Å². The number of esters is 2. The van der Waals surface area contributed by atoms with E-state index in [4.69, 9.17) is 4.74 Å². The number of amides is 1. The first-order valence-electron chi connectivity index (χ1n) is 9.94. The molecule has 0 heterocycles. The molecule has 2 aromatic carbocycles. The smallest absolute Gasteiger partial charge is 0.337 e. The van der Waals surface area contributed by atoms with E-state index in [0.29, 0.717) is 24.2 Å². The molecule has 32 heavy (non-hydrogen) atoms. The molecule has 0 aromatic heterocycles. The largest absolute Gasteiger partial charge is 0.465 e. The standard InChI is InChI=1S/C22H26N2O7S/c1-4-24(5-2)32(28,29)19-12-10-17(11-13-19)21(26)23-14-20(25)31-15-16-6-8-18(9-7-16)22(27)30-3/h6-13H,4-5,14-15H2,1-3H3,(H,23,26). The first-order chi connectivity index (χ1) is 15.2. The molecule has 0 unspecified atom stereocenters. The Morgan fingerprint density at radius 1 is 0.906 bits per heavy atom. The number of nitrogens with zero attached hydrogens (tertiary/aromatic N) is 1. The van der Waals surface area contributed by atoms with Gasteiger partial charge >= 0.3 is 11.9 Å². The third-order valence-electron chi connectivity index (χ3n) is 4.63. The minimum atomic E-state index is -3.61. The third kappa shape index (κ3) is 6.38. The molecule has 0 aliphatic rings. The van der Waals surface area contributed by atoms with Crippen molar-refractivity contribution in [1.82, 2.24) is 9.62 Å². The van der Waals surface area contributed by atoms with Crippen molar-refractivity contribution in [2.45, 2.75) is 25.3 Å². The first kappa shape index (κ1) is 25.0. The van der Waals surface area contributed by atoms with E-state index in [9.17, 15) is 22.8 Å². The molecule has 10 heteroatoms. The molecule has 1 amide bonds. The van der Waals surface area contributed by atoms with Gasteiger partial charge in [-0.15, -0.1) is 0 Å². The Kier molecular flexibility index (Phi) is 8.91. The van der Waals surface area contributed by atoms with Crippen LogP contribution in [0.2, 0.25) is 0 Å². The second-order valence-corrected chi connectivity index (χ2v) is 8.58. The van der Waals surface area contributed by atoms with Crippen molar-refractivity contribution in [3.8, 4) is 0 Å². The molecule has 172 valence electrons. The minimum Gasteiger partial charge on any atom is -0.465 e. The molecule has 0 radical (unpaired) electrons. The molecule has 0 saturated carbocycles. The fraction of sp³-hybridized carbons (Fsp3) is 0.318. The second kappa shape index (κ2) is 11.4. The number of carbonyl (C=O) groups excluding carboxylic acids is 3. The van der Waals surface area contributed by atoms with E-state index in [-0.39, 0.29) is 23.6 Å². The average molecular weight is 463 g/mol. The highest BCUT2D eigenvalue weighted by Crippen LogP contribution is 2.16. The molecule has 0 spiro atoms. The van der Waals surface area contributed by atoms with Crippen LogP contribution in [0.3, 0.4) is 0 Å². The van der Waals surface area contributed by atoms with Gasteiger partial charge in [-0.2, -0.15) is 4.31 Å². The summed E-state index contributed by atoms with van der Waals surface area (Å²) in [6, 6.07) is 11.9. The van der Waals surface area contributed by atoms with Crippen LogP contribution in [0.5, 0.6) is 0 Å². The SMILES string of the molecule is CCN(CC)S(=O)(=O)c1ccc(C(=O)NCC(=O)OCc2ccc(C(=O)OC)cc2)cc1. The number of sulfonamides is 1. The normalized spacial score (nSPS) is 11.1. The van der Waals surface area contributed by atoms with Gasteiger partial charge in [0.05, 0.1) is 17.6 Å². The Morgan fingerprint density at radius 2 is 1.47 bits per heavy atom. The summed E-state index contributed by atoms with van der Waals surface area (Å²) >= 11 is 0. The maximum atomic E-state index is 12.5. The highest BCUT2D eigenvalue weighted by Gasteiger charge is 2.21. The van der Waals surface area contributed by atoms with E-state index in [1.54, 1.807) is 38.1 Å². The zero-order valence-corrected chi connectivity index (χ0v) is 19.0. The maximum absolute atomic E-state index is 12.5. The van der Waals surface area contributed by atoms with Crippen LogP contribution in [0.25, 0.3) is 0 Å². The number of ether oxygens (including phenoxy) is 2. The Labute approximate surface area is 187 Å². The predicted molar refractivity (Wildman–Crippen MR) is 116 cm³/mol. The fourth-order valence-corrected chi connectivity index (χ4v) is 4.27. The van der Waals surface area contributed by atoms with Crippen molar-refractivity contribution in [1.29, 1.82) is 0 Å². The van der Waals surface area contributed by atoms with Crippen LogP contribution in [-0.2, 0) is 30.9 Å². The lowest BCUT2D eigenvalue weighted by Gasteiger charge is -2.18. The van der Waals surface area contributed by atoms with Gasteiger partial charge in [-0.25, -0.2) is 13.2 Å². The van der Waals surface area contributed by atoms with Crippen LogP contribution in [-0.4, -0.2) is 57.3 Å². The molecule has 0 aliphatic heterocycles. The van der Waals surface area contributed by atoms with Gasteiger partial charge in [0.2, 0.25) is 10.0 Å². The summed E-state index contributed by atoms with van der Waals surface area (Å²) in [4.78, 5) is 35.6. The van der Waals surface area contributed by atoms with E-state index in [0.717, 1.165) is 0 Å². The molecule has 0 atom stereocenters. The van der Waals surface area contributed by atoms with Crippen LogP contribution in [0, 0.1) is 0 Å². The molecule has 0 aliphatic carbocycles. The number of methoxy groups -OCH3 is 1. The van der Waals surface area contributed by atoms with E-state index < -0.39 is 27.9 Å². The molecule has 0 fully saturated rings. The predicted octanol–water partition coefficient (Wildman–Crippen LogP) is 1.98. The average Bonchev–Trinajstić information content (AvgIpc) is 2.81. The molecule has 2 aromatic rings. The fourth-order valence-electron chi connectivity index (χ4n) is 2.82. The van der Waals surface area contributed by atoms with E-state index >= 15 is 0 Å². The summed E-state index contributed by atoms with van der Waals surface area (Å²) in [6.45, 7) is 3.82. The van der Waals surface area contributed by atoms with Gasteiger partial charge in [0, 0.05) is 18.7 Å². The lowest BCUT2D eigenvalue weighted by atomic mass is 10.1. The van der Waals surface area contributed by atoms with Crippen molar-refractivity contribution >= 4 is 27.9 Å². The zero-order valence-electron chi connectivity index (χ0n) is 18.2. The summed E-state index contributed by atoms with van der Waals surface area (Å²) < 4.78 is 36.0. The molecule has 1 N–H and O–H groups in total. The summed E-state index contributed by atoms with van der Waals surface area (Å²) in [6.07, 6.45) is 0. The number of benzene rings is 2. The molecule has 9 nitrogen and oxygen atoms in total. The topological polar surface area (TPSA) is 119 Å². The van der Waals surface area contributed by atoms with Gasteiger partial charge in [0.15, 0.2) is 0 Å². The summed E-state index contributed by atoms with van der Waals surface area (Å²) in [7, 11) is -2.32. The molecular weight excluding hydrogens is 436 g/mol. The summed E-state index contributed by atoms with van der Waals surface area (Å²) in [5.74, 6) is -1.64. The lowest BCUT2D eigenvalue weighted by molar-refractivity contribution is -0.143. The van der Waals surface area contributed by atoms with Gasteiger partial charge in [-0.3, -0.25) is 9.59 Å². The van der Waals surface area contributed by atoms with Crippen LogP contribution in [0.4, 0.5) is 0 Å². The Bertz CT molecular complexity index is 1040. The first-order valence-corrected chi connectivity index (χ1v) is 11.4. The quantitative estimate of drug-likeness (QED) is 0.536. The molecule has 0 saturated heterocycles. The van der Waals surface area contributed by atoms with E-state index in [1.807, 2.05) is 0 Å². The van der Waals surface area contributed by atoms with Gasteiger partial charge in [0.1, 0.15) is 13.2 Å². The number of rotatable bonds is 10. The van der Waals surface area contributed by atoms with Crippen molar-refractivity contribution in [3.63, 3.8) is 0 Å². The number of carbonyl (C=O) groups is 3. The Balaban J connectivity index is 1.86. The summed E-state index contributed by atoms with van der Waals surface area (Å²) in [5, 5.41) is 2.44. The number of nitrogens with one attached hydrogen (secondary N) is 1. The van der Waals surface area contributed by atoms with E-state index in [2.05, 4.69) is 10.1 Å². The van der Waals surface area contributed by atoms with Crippen LogP contribution in [0.1, 0.15) is 40.1 Å². The van der Waals surface area contributed by atoms with Crippen molar-refractivity contribution in [3.05, 3.63) is 65.2 Å². The molecule has 0 bridgehead atoms. The van der Waals surface area contributed by atoms with Gasteiger partial charge < -0.3 is 14.8 Å². The highest BCUT2D eigenvalue weighted by molar-refractivity contribution is 7.89. The van der Waals surface area contributed by atoms with Crippen molar-refractivity contribution < 1.29 is 32.3 Å². The van der Waals surface area contributed by atoms with Gasteiger partial charge in [-0.05, 0) is 42.0 Å². The Morgan fingerprint density at radius 3 is 2.00 bits per heavy atom. The van der Waals surface area contributed by atoms with Gasteiger partial charge in [-0.1, -0.05) is 26.0 Å². The Hall–Kier alpha value is -3.24. The third-order valence-corrected chi connectivity index (χ3v) is 6.69. The van der Waals surface area contributed by atoms with Crippen LogP contribution < -0.4 is 5.32 Å². The zero-order chi connectivity index (χ0) is 23.7. The lowest BCUT2D eigenvalue weighted by Crippen LogP contribution is -2.31. The number of hydrogen-bond donors (Lipinski definition) is 1. The highest BCUT2D eigenvalue weighted by atomic mass is 32.2. The minimum absolute atomic E-state index is 0.0198. The van der Waals surface area contributed by atoms with Crippen molar-refractivity contribution in [2.75, 3.05) is 26.7 Å².